The minimum absolute atomic E-state index is 0. The Hall–Kier alpha value is -2.84. The van der Waals surface area contributed by atoms with E-state index in [0.29, 0.717) is 29.5 Å². The van der Waals surface area contributed by atoms with Gasteiger partial charge in [0.1, 0.15) is 17.7 Å². The van der Waals surface area contributed by atoms with Crippen LogP contribution in [-0.4, -0.2) is 49.6 Å². The Labute approximate surface area is 160 Å². The number of H-pyrrole nitrogens is 1. The molecule has 0 bridgehead atoms. The Balaban J connectivity index is 0.00000240. The molecule has 1 saturated carbocycles. The fraction of sp³-hybridized carbons (Fsp3) is 0.421. The number of hydrogen-bond acceptors (Lipinski definition) is 3. The minimum Gasteiger partial charge on any atom is -0.346 e. The van der Waals surface area contributed by atoms with Gasteiger partial charge < -0.3 is 14.5 Å². The molecule has 1 amide bonds. The third-order valence-electron chi connectivity index (χ3n) is 4.98. The summed E-state index contributed by atoms with van der Waals surface area (Å²) in [7, 11) is 1.71. The van der Waals surface area contributed by atoms with E-state index in [1.165, 1.54) is 11.2 Å². The number of alkyl halides is 3. The first-order valence-corrected chi connectivity index (χ1v) is 9.12. The molecule has 0 saturated heterocycles. The third kappa shape index (κ3) is 3.88. The van der Waals surface area contributed by atoms with Crippen LogP contribution in [0.15, 0.2) is 30.9 Å². The first kappa shape index (κ1) is 18.5. The zero-order chi connectivity index (χ0) is 19.9. The van der Waals surface area contributed by atoms with Crippen LogP contribution in [0.2, 0.25) is 0 Å². The second-order valence-electron chi connectivity index (χ2n) is 7.25. The highest BCUT2D eigenvalue weighted by Gasteiger charge is 2.33. The van der Waals surface area contributed by atoms with Crippen LogP contribution in [0.3, 0.4) is 0 Å². The smallest absolute Gasteiger partial charge is 0.346 e. The van der Waals surface area contributed by atoms with Crippen molar-refractivity contribution in [3.8, 4) is 11.3 Å². The summed E-state index contributed by atoms with van der Waals surface area (Å²) < 4.78 is 39.7. The van der Waals surface area contributed by atoms with Crippen LogP contribution in [0, 0.1) is 5.92 Å². The molecule has 9 heteroatoms. The highest BCUT2D eigenvalue weighted by atomic mass is 19.4. The summed E-state index contributed by atoms with van der Waals surface area (Å²) in [5, 5.41) is 0.819. The van der Waals surface area contributed by atoms with Gasteiger partial charge in [-0.25, -0.2) is 9.97 Å². The summed E-state index contributed by atoms with van der Waals surface area (Å²) in [6.45, 7) is 0.0416. The number of aromatic nitrogens is 4. The van der Waals surface area contributed by atoms with Gasteiger partial charge in [-0.2, -0.15) is 13.2 Å². The van der Waals surface area contributed by atoms with Gasteiger partial charge in [0, 0.05) is 44.9 Å². The van der Waals surface area contributed by atoms with Crippen molar-refractivity contribution >= 4 is 16.9 Å². The Morgan fingerprint density at radius 3 is 2.89 bits per heavy atom. The van der Waals surface area contributed by atoms with Crippen LogP contribution in [-0.2, 0) is 7.05 Å². The molecule has 0 radical (unpaired) electrons. The van der Waals surface area contributed by atoms with Gasteiger partial charge in [-0.15, -0.1) is 0 Å². The molecule has 3 aromatic rings. The van der Waals surface area contributed by atoms with Crippen molar-refractivity contribution in [3.05, 3.63) is 36.5 Å². The molecule has 6 nitrogen and oxygen atoms in total. The van der Waals surface area contributed by atoms with Crippen LogP contribution >= 0.6 is 0 Å². The summed E-state index contributed by atoms with van der Waals surface area (Å²) in [5.74, 6) is -0.0810. The summed E-state index contributed by atoms with van der Waals surface area (Å²) in [4.78, 5) is 25.8. The Morgan fingerprint density at radius 2 is 2.18 bits per heavy atom. The molecule has 3 heterocycles. The molecule has 4 rings (SSSR count). The first-order chi connectivity index (χ1) is 13.3. The van der Waals surface area contributed by atoms with E-state index in [9.17, 15) is 18.0 Å². The summed E-state index contributed by atoms with van der Waals surface area (Å²) in [6, 6.07) is 3.53. The Morgan fingerprint density at radius 1 is 1.39 bits per heavy atom. The van der Waals surface area contributed by atoms with Gasteiger partial charge in [0.15, 0.2) is 0 Å². The highest BCUT2D eigenvalue weighted by molar-refractivity contribution is 5.96. The monoisotopic (exact) mass is 393 g/mol. The maximum Gasteiger partial charge on any atom is 0.390 e. The number of aryl methyl sites for hydroxylation is 1. The lowest BCUT2D eigenvalue weighted by Crippen LogP contribution is -2.36. The standard InChI is InChI=1S/C19H20F3N5O.H2/c1-26-10-13(16-14-4-6-23-17(14)25-11-24-16)8-15(26)18(28)27(9-12-2-3-12)7-5-19(20,21)22;/h4,6,8,10-12H,2-3,5,7,9H2,1H3,(H,23,24,25);1H. The van der Waals surface area contributed by atoms with Crippen LogP contribution in [0.4, 0.5) is 13.2 Å². The SMILES string of the molecule is Cn1cc(-c2ncnc3[nH]ccc23)cc1C(=O)N(CCC(F)(F)F)CC1CC1.[HH]. The van der Waals surface area contributed by atoms with E-state index in [0.717, 1.165) is 23.8 Å². The molecule has 1 aliphatic carbocycles. The van der Waals surface area contributed by atoms with Gasteiger partial charge >= 0.3 is 6.18 Å². The predicted molar refractivity (Wildman–Crippen MR) is 99.7 cm³/mol. The number of carbonyl (C=O) groups is 1. The molecule has 0 aliphatic heterocycles. The van der Waals surface area contributed by atoms with E-state index in [1.807, 2.05) is 6.07 Å². The van der Waals surface area contributed by atoms with Crippen molar-refractivity contribution in [2.75, 3.05) is 13.1 Å². The number of nitrogens with zero attached hydrogens (tertiary/aromatic N) is 4. The zero-order valence-electron chi connectivity index (χ0n) is 15.3. The Bertz CT molecular complexity index is 1010. The van der Waals surface area contributed by atoms with Crippen molar-refractivity contribution in [1.29, 1.82) is 0 Å². The quantitative estimate of drug-likeness (QED) is 0.688. The Kier molecular flexibility index (Phi) is 4.60. The van der Waals surface area contributed by atoms with E-state index in [4.69, 9.17) is 0 Å². The minimum atomic E-state index is -4.29. The number of nitrogens with one attached hydrogen (secondary N) is 1. The number of halogens is 3. The largest absolute Gasteiger partial charge is 0.390 e. The number of amides is 1. The first-order valence-electron chi connectivity index (χ1n) is 9.12. The fourth-order valence-electron chi connectivity index (χ4n) is 3.32. The maximum absolute atomic E-state index is 13.0. The molecule has 150 valence electrons. The lowest BCUT2D eigenvalue weighted by molar-refractivity contribution is -0.136. The second-order valence-corrected chi connectivity index (χ2v) is 7.25. The van der Waals surface area contributed by atoms with Crippen LogP contribution < -0.4 is 0 Å². The van der Waals surface area contributed by atoms with Gasteiger partial charge in [-0.3, -0.25) is 4.79 Å². The van der Waals surface area contributed by atoms with Gasteiger partial charge in [-0.05, 0) is 30.9 Å². The average molecular weight is 393 g/mol. The molecule has 28 heavy (non-hydrogen) atoms. The molecule has 0 aromatic carbocycles. The van der Waals surface area contributed by atoms with Crippen LogP contribution in [0.25, 0.3) is 22.3 Å². The van der Waals surface area contributed by atoms with E-state index in [-0.39, 0.29) is 13.9 Å². The number of rotatable bonds is 6. The van der Waals surface area contributed by atoms with E-state index >= 15 is 0 Å². The third-order valence-corrected chi connectivity index (χ3v) is 4.98. The lowest BCUT2D eigenvalue weighted by Gasteiger charge is -2.23. The zero-order valence-corrected chi connectivity index (χ0v) is 15.3. The molecule has 0 atom stereocenters. The number of hydrogen-bond donors (Lipinski definition) is 1. The van der Waals surface area contributed by atoms with Gasteiger partial charge in [-0.1, -0.05) is 0 Å². The van der Waals surface area contributed by atoms with Crippen LogP contribution in [0.1, 0.15) is 31.2 Å². The number of carbonyl (C=O) groups excluding carboxylic acids is 1. The van der Waals surface area contributed by atoms with Gasteiger partial charge in [0.2, 0.25) is 0 Å². The molecule has 1 aliphatic rings. The van der Waals surface area contributed by atoms with Crippen molar-refractivity contribution in [2.45, 2.75) is 25.4 Å². The van der Waals surface area contributed by atoms with Crippen molar-refractivity contribution in [1.82, 2.24) is 24.4 Å². The summed E-state index contributed by atoms with van der Waals surface area (Å²) in [5.41, 5.74) is 2.42. The second kappa shape index (κ2) is 6.96. The topological polar surface area (TPSA) is 66.8 Å². The van der Waals surface area contributed by atoms with Crippen molar-refractivity contribution in [2.24, 2.45) is 13.0 Å². The predicted octanol–water partition coefficient (Wildman–Crippen LogP) is 4.01. The van der Waals surface area contributed by atoms with E-state index < -0.39 is 12.6 Å². The van der Waals surface area contributed by atoms with E-state index in [2.05, 4.69) is 15.0 Å². The normalized spacial score (nSPS) is 14.6. The summed E-state index contributed by atoms with van der Waals surface area (Å²) >= 11 is 0. The van der Waals surface area contributed by atoms with Gasteiger partial charge in [0.05, 0.1) is 12.1 Å². The molecule has 3 aromatic heterocycles. The fourth-order valence-corrected chi connectivity index (χ4v) is 3.32. The molecule has 1 N–H and O–H groups in total. The lowest BCUT2D eigenvalue weighted by atomic mass is 10.1. The van der Waals surface area contributed by atoms with Crippen molar-refractivity contribution < 1.29 is 19.4 Å². The maximum atomic E-state index is 13.0. The molecule has 1 fully saturated rings. The molecular formula is C19H22F3N5O. The van der Waals surface area contributed by atoms with E-state index in [1.54, 1.807) is 30.1 Å². The molecular weight excluding hydrogens is 371 g/mol. The molecule has 0 spiro atoms. The number of aromatic amines is 1. The van der Waals surface area contributed by atoms with Crippen LogP contribution in [0.5, 0.6) is 0 Å². The highest BCUT2D eigenvalue weighted by Crippen LogP contribution is 2.32. The average Bonchev–Trinajstić information content (AvgIpc) is 3.17. The molecule has 0 unspecified atom stereocenters. The number of fused-ring (bicyclic) bond motifs is 1. The summed E-state index contributed by atoms with van der Waals surface area (Å²) in [6.07, 6.45) is 1.58. The van der Waals surface area contributed by atoms with Crippen molar-refractivity contribution in [3.63, 3.8) is 0 Å². The van der Waals surface area contributed by atoms with Gasteiger partial charge in [0.25, 0.3) is 5.91 Å².